The molecule has 8 nitrogen and oxygen atoms in total. The van der Waals surface area contributed by atoms with E-state index in [-0.39, 0.29) is 17.3 Å². The predicted octanol–water partition coefficient (Wildman–Crippen LogP) is 2.55. The molecule has 3 heterocycles. The van der Waals surface area contributed by atoms with Crippen LogP contribution in [-0.2, 0) is 13.6 Å². The minimum Gasteiger partial charge on any atom is -0.376 e. The number of hydrogen-bond acceptors (Lipinski definition) is 6. The summed E-state index contributed by atoms with van der Waals surface area (Å²) in [4.78, 5) is 18.9. The van der Waals surface area contributed by atoms with Crippen LogP contribution < -0.4 is 10.9 Å². The highest BCUT2D eigenvalue weighted by Crippen LogP contribution is 2.45. The Bertz CT molecular complexity index is 1330. The number of nitrogens with one attached hydrogen (secondary N) is 2. The van der Waals surface area contributed by atoms with Gasteiger partial charge >= 0.3 is 0 Å². The Morgan fingerprint density at radius 2 is 1.97 bits per heavy atom. The van der Waals surface area contributed by atoms with E-state index in [1.165, 1.54) is 17.7 Å². The molecule has 0 bridgehead atoms. The summed E-state index contributed by atoms with van der Waals surface area (Å²) in [6.07, 6.45) is 1.63. The fourth-order valence-corrected chi connectivity index (χ4v) is 4.28. The van der Waals surface area contributed by atoms with Crippen LogP contribution >= 0.6 is 0 Å². The van der Waals surface area contributed by atoms with Crippen LogP contribution in [0.1, 0.15) is 34.6 Å². The third kappa shape index (κ3) is 3.36. The zero-order valence-electron chi connectivity index (χ0n) is 17.4. The standard InChI is InChI=1S/C22H22FN7O/c1-29(2)10-12-4-6-13(7-5-12)19-18(21-24-11-30(3)28-21)20-17-15(22(31)27-26-20)8-14(23)9-16(17)25-19/h4-9,11,18-19,25H,10H2,1-3H3,(H,27,31)/t18-,19-/m1/s1. The van der Waals surface area contributed by atoms with Gasteiger partial charge in [-0.3, -0.25) is 9.48 Å². The smallest absolute Gasteiger partial charge is 0.272 e. The highest BCUT2D eigenvalue weighted by Gasteiger charge is 2.37. The molecule has 0 amide bonds. The Labute approximate surface area is 177 Å². The first-order valence-corrected chi connectivity index (χ1v) is 9.98. The van der Waals surface area contributed by atoms with E-state index < -0.39 is 11.4 Å². The van der Waals surface area contributed by atoms with Crippen molar-refractivity contribution < 1.29 is 4.39 Å². The second-order valence-electron chi connectivity index (χ2n) is 8.17. The largest absolute Gasteiger partial charge is 0.376 e. The fourth-order valence-electron chi connectivity index (χ4n) is 4.28. The number of rotatable bonds is 4. The Kier molecular flexibility index (Phi) is 4.55. The summed E-state index contributed by atoms with van der Waals surface area (Å²) in [7, 11) is 5.85. The molecule has 0 fully saturated rings. The van der Waals surface area contributed by atoms with Crippen LogP contribution in [0, 0.1) is 5.82 Å². The lowest BCUT2D eigenvalue weighted by Crippen LogP contribution is -2.29. The molecule has 2 aromatic heterocycles. The molecule has 2 atom stereocenters. The van der Waals surface area contributed by atoms with Crippen molar-refractivity contribution >= 4 is 16.5 Å². The Morgan fingerprint density at radius 3 is 2.65 bits per heavy atom. The summed E-state index contributed by atoms with van der Waals surface area (Å²) in [5.41, 5.74) is 2.92. The molecule has 1 aliphatic rings. The van der Waals surface area contributed by atoms with Gasteiger partial charge < -0.3 is 10.2 Å². The van der Waals surface area contributed by atoms with Gasteiger partial charge in [0.25, 0.3) is 5.56 Å². The van der Waals surface area contributed by atoms with Crippen molar-refractivity contribution in [3.63, 3.8) is 0 Å². The van der Waals surface area contributed by atoms with Gasteiger partial charge in [0.05, 0.1) is 23.0 Å². The zero-order chi connectivity index (χ0) is 21.7. The van der Waals surface area contributed by atoms with Crippen molar-refractivity contribution in [1.82, 2.24) is 29.9 Å². The summed E-state index contributed by atoms with van der Waals surface area (Å²) < 4.78 is 15.9. The first kappa shape index (κ1) is 19.4. The maximum Gasteiger partial charge on any atom is 0.272 e. The molecule has 158 valence electrons. The first-order chi connectivity index (χ1) is 14.9. The van der Waals surface area contributed by atoms with E-state index >= 15 is 0 Å². The average molecular weight is 419 g/mol. The quantitative estimate of drug-likeness (QED) is 0.528. The topological polar surface area (TPSA) is 91.7 Å². The average Bonchev–Trinajstić information content (AvgIpc) is 3.15. The number of aryl methyl sites for hydroxylation is 1. The van der Waals surface area contributed by atoms with Gasteiger partial charge in [-0.05, 0) is 37.4 Å². The molecule has 4 aromatic rings. The lowest BCUT2D eigenvalue weighted by Gasteiger charge is -2.33. The zero-order valence-corrected chi connectivity index (χ0v) is 17.4. The van der Waals surface area contributed by atoms with Gasteiger partial charge in [-0.2, -0.15) is 10.2 Å². The van der Waals surface area contributed by atoms with Crippen LogP contribution in [0.2, 0.25) is 0 Å². The highest BCUT2D eigenvalue weighted by molar-refractivity contribution is 5.97. The second kappa shape index (κ2) is 7.28. The summed E-state index contributed by atoms with van der Waals surface area (Å²) >= 11 is 0. The van der Waals surface area contributed by atoms with Crippen molar-refractivity contribution in [3.05, 3.63) is 81.5 Å². The molecule has 0 unspecified atom stereocenters. The lowest BCUT2D eigenvalue weighted by molar-refractivity contribution is 0.402. The SMILES string of the molecule is CN(C)Cc1ccc([C@H]2Nc3cc(F)cc4c(=O)[nH]nc(c34)[C@@H]2c2ncn(C)n2)cc1. The molecule has 0 saturated carbocycles. The summed E-state index contributed by atoms with van der Waals surface area (Å²) in [5.74, 6) is -0.265. The molecule has 0 spiro atoms. The van der Waals surface area contributed by atoms with E-state index in [0.717, 1.165) is 12.1 Å². The fraction of sp³-hybridized carbons (Fsp3) is 0.273. The molecule has 9 heteroatoms. The molecule has 0 radical (unpaired) electrons. The lowest BCUT2D eigenvalue weighted by atomic mass is 9.83. The molecule has 0 saturated heterocycles. The summed E-state index contributed by atoms with van der Waals surface area (Å²) in [6, 6.07) is 10.6. The third-order valence-corrected chi connectivity index (χ3v) is 5.55. The van der Waals surface area contributed by atoms with Crippen LogP contribution in [0.5, 0.6) is 0 Å². The Balaban J connectivity index is 1.69. The molecule has 5 rings (SSSR count). The molecule has 1 aliphatic heterocycles. The van der Waals surface area contributed by atoms with Gasteiger partial charge in [-0.15, -0.1) is 0 Å². The number of nitrogens with zero attached hydrogens (tertiary/aromatic N) is 5. The number of hydrogen-bond donors (Lipinski definition) is 2. The molecule has 0 aliphatic carbocycles. The van der Waals surface area contributed by atoms with E-state index in [1.807, 2.05) is 14.1 Å². The molecule has 2 aromatic carbocycles. The number of benzene rings is 2. The number of aromatic amines is 1. The monoisotopic (exact) mass is 419 g/mol. The van der Waals surface area contributed by atoms with Gasteiger partial charge in [-0.25, -0.2) is 14.5 Å². The van der Waals surface area contributed by atoms with Crippen LogP contribution in [-0.4, -0.2) is 44.0 Å². The van der Waals surface area contributed by atoms with Crippen LogP contribution in [0.15, 0.2) is 47.5 Å². The molecular formula is C22H22FN7O. The first-order valence-electron chi connectivity index (χ1n) is 9.98. The molecule has 2 N–H and O–H groups in total. The van der Waals surface area contributed by atoms with E-state index in [2.05, 4.69) is 54.8 Å². The maximum absolute atomic E-state index is 14.3. The van der Waals surface area contributed by atoms with Crippen LogP contribution in [0.25, 0.3) is 10.8 Å². The van der Waals surface area contributed by atoms with Crippen molar-refractivity contribution in [2.75, 3.05) is 19.4 Å². The van der Waals surface area contributed by atoms with Crippen LogP contribution in [0.3, 0.4) is 0 Å². The van der Waals surface area contributed by atoms with Crippen molar-refractivity contribution in [2.45, 2.75) is 18.5 Å². The van der Waals surface area contributed by atoms with Crippen LogP contribution in [0.4, 0.5) is 10.1 Å². The van der Waals surface area contributed by atoms with Gasteiger partial charge in [0, 0.05) is 24.7 Å². The maximum atomic E-state index is 14.3. The van der Waals surface area contributed by atoms with Crippen molar-refractivity contribution in [1.29, 1.82) is 0 Å². The normalized spacial score (nSPS) is 17.8. The van der Waals surface area contributed by atoms with E-state index in [4.69, 9.17) is 0 Å². The van der Waals surface area contributed by atoms with E-state index in [9.17, 15) is 9.18 Å². The van der Waals surface area contributed by atoms with Gasteiger partial charge in [0.2, 0.25) is 0 Å². The van der Waals surface area contributed by atoms with Gasteiger partial charge in [-0.1, -0.05) is 24.3 Å². The summed E-state index contributed by atoms with van der Waals surface area (Å²) in [6.45, 7) is 0.833. The number of halogens is 1. The molecular weight excluding hydrogens is 397 g/mol. The Morgan fingerprint density at radius 1 is 1.19 bits per heavy atom. The minimum absolute atomic E-state index is 0.258. The number of aromatic nitrogens is 5. The second-order valence-corrected chi connectivity index (χ2v) is 8.17. The Hall–Kier alpha value is -3.59. The van der Waals surface area contributed by atoms with Crippen molar-refractivity contribution in [3.8, 4) is 0 Å². The van der Waals surface area contributed by atoms with Crippen molar-refractivity contribution in [2.24, 2.45) is 7.05 Å². The third-order valence-electron chi connectivity index (χ3n) is 5.55. The summed E-state index contributed by atoms with van der Waals surface area (Å²) in [5, 5.41) is 15.7. The van der Waals surface area contributed by atoms with E-state index in [0.29, 0.717) is 22.6 Å². The minimum atomic E-state index is -0.479. The van der Waals surface area contributed by atoms with E-state index in [1.54, 1.807) is 18.1 Å². The predicted molar refractivity (Wildman–Crippen MR) is 115 cm³/mol. The molecule has 31 heavy (non-hydrogen) atoms. The van der Waals surface area contributed by atoms with Gasteiger partial charge in [0.1, 0.15) is 12.1 Å². The number of anilines is 1. The number of H-pyrrole nitrogens is 1. The highest BCUT2D eigenvalue weighted by atomic mass is 19.1. The van der Waals surface area contributed by atoms with Gasteiger partial charge in [0.15, 0.2) is 5.82 Å².